The van der Waals surface area contributed by atoms with Crippen LogP contribution in [0.4, 0.5) is 0 Å². The van der Waals surface area contributed by atoms with Crippen LogP contribution < -0.4 is 58.2 Å². The zero-order chi connectivity index (χ0) is 7.98. The summed E-state index contributed by atoms with van der Waals surface area (Å²) in [6, 6.07) is 9.25. The third kappa shape index (κ3) is 7.39. The van der Waals surface area contributed by atoms with E-state index in [0.29, 0.717) is 0 Å². The second kappa shape index (κ2) is 9.12. The van der Waals surface area contributed by atoms with Crippen LogP contribution in [-0.4, -0.2) is 0 Å². The van der Waals surface area contributed by atoms with E-state index in [-0.39, 0.29) is 58.2 Å². The molecule has 0 atom stereocenters. The minimum atomic E-state index is 0. The Balaban J connectivity index is 0. The van der Waals surface area contributed by atoms with Crippen LogP contribution in [0.25, 0.3) is 0 Å². The molecule has 0 nitrogen and oxygen atoms in total. The quantitative estimate of drug-likeness (QED) is 0.546. The Hall–Kier alpha value is 1.03. The molecular weight excluding hydrogens is 206 g/mol. The van der Waals surface area contributed by atoms with Gasteiger partial charge in [0.25, 0.3) is 0 Å². The molecule has 0 heterocycles. The Morgan fingerprint density at radius 1 is 1.09 bits per heavy atom. The molecule has 0 fully saturated rings. The first-order chi connectivity index (χ1) is 4.79. The van der Waals surface area contributed by atoms with E-state index in [9.17, 15) is 0 Å². The number of rotatable bonds is 0. The number of hydrogen-bond donors (Lipinski definition) is 0. The molecular formula is C10H15Rb. The Morgan fingerprint density at radius 2 is 1.64 bits per heavy atom. The summed E-state index contributed by atoms with van der Waals surface area (Å²) >= 11 is 0. The van der Waals surface area contributed by atoms with Crippen molar-refractivity contribution in [2.45, 2.75) is 27.7 Å². The molecule has 0 amide bonds. The van der Waals surface area contributed by atoms with Crippen molar-refractivity contribution in [2.75, 3.05) is 0 Å². The third-order valence-electron chi connectivity index (χ3n) is 1.12. The van der Waals surface area contributed by atoms with Crippen molar-refractivity contribution in [2.24, 2.45) is 0 Å². The van der Waals surface area contributed by atoms with Crippen LogP contribution in [0, 0.1) is 19.9 Å². The molecule has 1 rings (SSSR count). The minimum absolute atomic E-state index is 0. The van der Waals surface area contributed by atoms with Crippen molar-refractivity contribution in [1.82, 2.24) is 0 Å². The molecule has 0 aromatic heterocycles. The van der Waals surface area contributed by atoms with Crippen molar-refractivity contribution in [3.8, 4) is 0 Å². The van der Waals surface area contributed by atoms with E-state index in [1.165, 1.54) is 11.1 Å². The van der Waals surface area contributed by atoms with Crippen molar-refractivity contribution in [3.63, 3.8) is 0 Å². The maximum Gasteiger partial charge on any atom is 1.00 e. The summed E-state index contributed by atoms with van der Waals surface area (Å²) in [6.45, 7) is 8.11. The second-order valence-electron chi connectivity index (χ2n) is 2.05. The summed E-state index contributed by atoms with van der Waals surface area (Å²) in [5.41, 5.74) is 2.48. The Bertz CT molecular complexity index is 144. The van der Waals surface area contributed by atoms with Crippen LogP contribution in [0.1, 0.15) is 25.0 Å². The molecule has 0 aliphatic heterocycles. The molecule has 1 heteroatoms. The van der Waals surface area contributed by atoms with Crippen LogP contribution in [0.2, 0.25) is 0 Å². The van der Waals surface area contributed by atoms with Gasteiger partial charge < -0.3 is 0 Å². The summed E-state index contributed by atoms with van der Waals surface area (Å²) in [6.07, 6.45) is 0. The normalized spacial score (nSPS) is 7.27. The maximum atomic E-state index is 3.10. The van der Waals surface area contributed by atoms with Crippen LogP contribution in [0.15, 0.2) is 18.2 Å². The summed E-state index contributed by atoms with van der Waals surface area (Å²) in [7, 11) is 0. The molecule has 0 unspecified atom stereocenters. The SMILES string of the molecule is CC.Cc1[c-]cc(C)cc1.[Rb+]. The van der Waals surface area contributed by atoms with Gasteiger partial charge in [-0.1, -0.05) is 27.7 Å². The monoisotopic (exact) mass is 220 g/mol. The molecule has 11 heavy (non-hydrogen) atoms. The van der Waals surface area contributed by atoms with E-state index in [1.807, 2.05) is 26.8 Å². The first-order valence-corrected chi connectivity index (χ1v) is 3.74. The van der Waals surface area contributed by atoms with E-state index < -0.39 is 0 Å². The van der Waals surface area contributed by atoms with Crippen LogP contribution in [0.5, 0.6) is 0 Å². The zero-order valence-corrected chi connectivity index (χ0v) is 13.1. The van der Waals surface area contributed by atoms with Gasteiger partial charge >= 0.3 is 58.2 Å². The molecule has 0 saturated heterocycles. The molecule has 0 radical (unpaired) electrons. The average molecular weight is 221 g/mol. The topological polar surface area (TPSA) is 0 Å². The largest absolute Gasteiger partial charge is 1.00 e. The summed E-state index contributed by atoms with van der Waals surface area (Å²) in [4.78, 5) is 0. The van der Waals surface area contributed by atoms with Gasteiger partial charge in [-0.3, -0.25) is 0 Å². The molecule has 56 valence electrons. The molecule has 0 aliphatic rings. The smallest absolute Gasteiger partial charge is 0.180 e. The maximum absolute atomic E-state index is 3.10. The van der Waals surface area contributed by atoms with Gasteiger partial charge in [0.1, 0.15) is 0 Å². The predicted molar refractivity (Wildman–Crippen MR) is 46.1 cm³/mol. The molecule has 0 N–H and O–H groups in total. The predicted octanol–water partition coefficient (Wildman–Crippen LogP) is 0.134. The average Bonchev–Trinajstić information content (AvgIpc) is 2.00. The van der Waals surface area contributed by atoms with Gasteiger partial charge in [-0.15, -0.1) is 0 Å². The van der Waals surface area contributed by atoms with E-state index in [0.717, 1.165) is 0 Å². The van der Waals surface area contributed by atoms with Gasteiger partial charge in [-0.2, -0.15) is 35.4 Å². The number of benzene rings is 1. The molecule has 0 aliphatic carbocycles. The molecule has 0 saturated carbocycles. The van der Waals surface area contributed by atoms with Gasteiger partial charge in [0.05, 0.1) is 0 Å². The van der Waals surface area contributed by atoms with Crippen LogP contribution in [-0.2, 0) is 0 Å². The standard InChI is InChI=1S/C8H9.C2H6.Rb/c1-7-3-5-8(2)6-4-7;1-2;/h3-5H,1-2H3;1-2H3;/q-1;;+1. The second-order valence-corrected chi connectivity index (χ2v) is 2.05. The first-order valence-electron chi connectivity index (χ1n) is 3.74. The fraction of sp³-hybridized carbons (Fsp3) is 0.400. The van der Waals surface area contributed by atoms with E-state index >= 15 is 0 Å². The van der Waals surface area contributed by atoms with Gasteiger partial charge in [0, 0.05) is 0 Å². The van der Waals surface area contributed by atoms with Crippen LogP contribution in [0.3, 0.4) is 0 Å². The van der Waals surface area contributed by atoms with Crippen molar-refractivity contribution < 1.29 is 58.2 Å². The molecule has 0 spiro atoms. The Morgan fingerprint density at radius 3 is 1.91 bits per heavy atom. The fourth-order valence-corrected chi connectivity index (χ4v) is 0.580. The summed E-state index contributed by atoms with van der Waals surface area (Å²) in [5, 5.41) is 0. The van der Waals surface area contributed by atoms with Crippen LogP contribution >= 0.6 is 0 Å². The zero-order valence-electron chi connectivity index (χ0n) is 8.23. The van der Waals surface area contributed by atoms with Gasteiger partial charge in [-0.05, 0) is 0 Å². The third-order valence-corrected chi connectivity index (χ3v) is 1.12. The molecule has 0 bridgehead atoms. The van der Waals surface area contributed by atoms with Gasteiger partial charge in [0.2, 0.25) is 0 Å². The summed E-state index contributed by atoms with van der Waals surface area (Å²) < 4.78 is 0. The number of hydrogen-bond acceptors (Lipinski definition) is 0. The Kier molecular flexibility index (Phi) is 12.1. The minimum Gasteiger partial charge on any atom is -0.180 e. The van der Waals surface area contributed by atoms with E-state index in [2.05, 4.69) is 25.1 Å². The first kappa shape index (κ1) is 14.5. The van der Waals surface area contributed by atoms with Crippen molar-refractivity contribution in [1.29, 1.82) is 0 Å². The fourth-order valence-electron chi connectivity index (χ4n) is 0.580. The Labute approximate surface area is 119 Å². The number of aryl methyl sites for hydroxylation is 2. The van der Waals surface area contributed by atoms with E-state index in [1.54, 1.807) is 0 Å². The molecule has 1 aromatic rings. The summed E-state index contributed by atoms with van der Waals surface area (Å²) in [5.74, 6) is 0. The van der Waals surface area contributed by atoms with Crippen molar-refractivity contribution in [3.05, 3.63) is 35.4 Å². The van der Waals surface area contributed by atoms with Gasteiger partial charge in [-0.25, -0.2) is 0 Å². The van der Waals surface area contributed by atoms with E-state index in [4.69, 9.17) is 0 Å². The van der Waals surface area contributed by atoms with Crippen molar-refractivity contribution >= 4 is 0 Å². The molecule has 1 aromatic carbocycles. The van der Waals surface area contributed by atoms with Gasteiger partial charge in [0.15, 0.2) is 0 Å².